The molecule has 0 aromatic heterocycles. The summed E-state index contributed by atoms with van der Waals surface area (Å²) < 4.78 is 0. The van der Waals surface area contributed by atoms with Crippen LogP contribution in [-0.4, -0.2) is 37.0 Å². The Hall–Kier alpha value is -0.570. The summed E-state index contributed by atoms with van der Waals surface area (Å²) in [5.41, 5.74) is 0.224. The summed E-state index contributed by atoms with van der Waals surface area (Å²) in [7, 11) is 0. The summed E-state index contributed by atoms with van der Waals surface area (Å²) in [6.45, 7) is 12.8. The zero-order valence-corrected chi connectivity index (χ0v) is 13.1. The zero-order chi connectivity index (χ0) is 14.1. The van der Waals surface area contributed by atoms with Gasteiger partial charge in [0.15, 0.2) is 0 Å². The van der Waals surface area contributed by atoms with Gasteiger partial charge in [-0.2, -0.15) is 0 Å². The molecule has 1 amide bonds. The first-order valence-corrected chi connectivity index (χ1v) is 7.85. The topological polar surface area (TPSA) is 32.3 Å². The van der Waals surface area contributed by atoms with Crippen molar-refractivity contribution in [2.45, 2.75) is 53.4 Å². The lowest BCUT2D eigenvalue weighted by Gasteiger charge is -2.35. The summed E-state index contributed by atoms with van der Waals surface area (Å²) in [4.78, 5) is 14.9. The Morgan fingerprint density at radius 2 is 1.89 bits per heavy atom. The molecule has 2 fully saturated rings. The van der Waals surface area contributed by atoms with Crippen LogP contribution in [0.4, 0.5) is 0 Å². The summed E-state index contributed by atoms with van der Waals surface area (Å²) in [6.07, 6.45) is 4.66. The van der Waals surface area contributed by atoms with Crippen LogP contribution in [0.1, 0.15) is 53.4 Å². The molecule has 0 aromatic rings. The van der Waals surface area contributed by atoms with Crippen molar-refractivity contribution >= 4 is 5.91 Å². The monoisotopic (exact) mass is 266 g/mol. The third kappa shape index (κ3) is 3.31. The molecule has 0 unspecified atom stereocenters. The Bertz CT molecular complexity index is 330. The van der Waals surface area contributed by atoms with Gasteiger partial charge in [-0.25, -0.2) is 0 Å². The number of hydrogen-bond donors (Lipinski definition) is 1. The van der Waals surface area contributed by atoms with Gasteiger partial charge in [-0.1, -0.05) is 27.7 Å². The first-order valence-electron chi connectivity index (χ1n) is 7.85. The van der Waals surface area contributed by atoms with Crippen LogP contribution >= 0.6 is 0 Å². The fourth-order valence-electron chi connectivity index (χ4n) is 4.01. The van der Waals surface area contributed by atoms with E-state index in [9.17, 15) is 4.79 Å². The molecular weight excluding hydrogens is 236 g/mol. The molecule has 0 atom stereocenters. The van der Waals surface area contributed by atoms with Crippen LogP contribution in [0.2, 0.25) is 0 Å². The van der Waals surface area contributed by atoms with Gasteiger partial charge in [0.1, 0.15) is 0 Å². The third-order valence-corrected chi connectivity index (χ3v) is 4.89. The van der Waals surface area contributed by atoms with Crippen LogP contribution in [-0.2, 0) is 4.79 Å². The summed E-state index contributed by atoms with van der Waals surface area (Å²) in [6, 6.07) is 0. The highest BCUT2D eigenvalue weighted by Gasteiger charge is 2.43. The number of hydrogen-bond acceptors (Lipinski definition) is 2. The molecule has 2 aliphatic heterocycles. The van der Waals surface area contributed by atoms with Crippen molar-refractivity contribution in [2.75, 3.05) is 26.2 Å². The van der Waals surface area contributed by atoms with E-state index in [1.165, 1.54) is 19.3 Å². The van der Waals surface area contributed by atoms with Crippen LogP contribution < -0.4 is 5.32 Å². The Balaban J connectivity index is 1.98. The molecule has 1 spiro atoms. The van der Waals surface area contributed by atoms with E-state index >= 15 is 0 Å². The predicted molar refractivity (Wildman–Crippen MR) is 79.0 cm³/mol. The number of amides is 1. The maximum absolute atomic E-state index is 12.7. The van der Waals surface area contributed by atoms with Crippen molar-refractivity contribution in [3.05, 3.63) is 0 Å². The SMILES string of the molecule is CC(C)CC(C)(C)C(=O)N1CCC2(CCNCC2)C1. The van der Waals surface area contributed by atoms with E-state index in [4.69, 9.17) is 0 Å². The summed E-state index contributed by atoms with van der Waals surface area (Å²) in [5.74, 6) is 0.950. The van der Waals surface area contributed by atoms with Crippen molar-refractivity contribution in [3.8, 4) is 0 Å². The van der Waals surface area contributed by atoms with E-state index in [0.717, 1.165) is 32.6 Å². The number of rotatable bonds is 3. The quantitative estimate of drug-likeness (QED) is 0.852. The molecule has 0 radical (unpaired) electrons. The Morgan fingerprint density at radius 3 is 2.47 bits per heavy atom. The van der Waals surface area contributed by atoms with E-state index < -0.39 is 0 Å². The molecule has 0 saturated carbocycles. The molecule has 3 nitrogen and oxygen atoms in total. The minimum absolute atomic E-state index is 0.202. The smallest absolute Gasteiger partial charge is 0.228 e. The number of nitrogens with one attached hydrogen (secondary N) is 1. The van der Waals surface area contributed by atoms with Crippen LogP contribution in [0.25, 0.3) is 0 Å². The second-order valence-electron chi connectivity index (χ2n) is 7.71. The van der Waals surface area contributed by atoms with Crippen LogP contribution in [0, 0.1) is 16.7 Å². The van der Waals surface area contributed by atoms with Crippen molar-refractivity contribution < 1.29 is 4.79 Å². The van der Waals surface area contributed by atoms with Gasteiger partial charge >= 0.3 is 0 Å². The highest BCUT2D eigenvalue weighted by atomic mass is 16.2. The predicted octanol–water partition coefficient (Wildman–Crippen LogP) is 2.66. The average Bonchev–Trinajstić information content (AvgIpc) is 2.71. The number of piperidine rings is 1. The lowest BCUT2D eigenvalue weighted by Crippen LogP contribution is -2.43. The molecule has 2 saturated heterocycles. The minimum atomic E-state index is -0.202. The highest BCUT2D eigenvalue weighted by molar-refractivity contribution is 5.82. The first kappa shape index (κ1) is 14.8. The molecule has 0 aromatic carbocycles. The Morgan fingerprint density at radius 1 is 1.26 bits per heavy atom. The molecule has 2 heterocycles. The van der Waals surface area contributed by atoms with Crippen LogP contribution in [0.3, 0.4) is 0 Å². The van der Waals surface area contributed by atoms with Gasteiger partial charge in [0.25, 0.3) is 0 Å². The zero-order valence-electron chi connectivity index (χ0n) is 13.1. The molecule has 110 valence electrons. The van der Waals surface area contributed by atoms with Crippen LogP contribution in [0.5, 0.6) is 0 Å². The van der Waals surface area contributed by atoms with Crippen molar-refractivity contribution in [1.82, 2.24) is 10.2 Å². The summed E-state index contributed by atoms with van der Waals surface area (Å²) in [5, 5.41) is 3.43. The minimum Gasteiger partial charge on any atom is -0.342 e. The summed E-state index contributed by atoms with van der Waals surface area (Å²) >= 11 is 0. The van der Waals surface area contributed by atoms with Crippen molar-refractivity contribution in [1.29, 1.82) is 0 Å². The largest absolute Gasteiger partial charge is 0.342 e. The van der Waals surface area contributed by atoms with Gasteiger partial charge in [0.2, 0.25) is 5.91 Å². The molecule has 0 bridgehead atoms. The number of nitrogens with zero attached hydrogens (tertiary/aromatic N) is 1. The van der Waals surface area contributed by atoms with Crippen molar-refractivity contribution in [2.24, 2.45) is 16.7 Å². The third-order valence-electron chi connectivity index (χ3n) is 4.89. The second kappa shape index (κ2) is 5.43. The van der Waals surface area contributed by atoms with Gasteiger partial charge in [0.05, 0.1) is 0 Å². The molecule has 0 aliphatic carbocycles. The molecule has 1 N–H and O–H groups in total. The normalized spacial score (nSPS) is 23.3. The van der Waals surface area contributed by atoms with Gasteiger partial charge in [-0.3, -0.25) is 4.79 Å². The Kier molecular flexibility index (Phi) is 4.24. The lowest BCUT2D eigenvalue weighted by molar-refractivity contribution is -0.140. The molecule has 3 heteroatoms. The number of likely N-dealkylation sites (tertiary alicyclic amines) is 1. The average molecular weight is 266 g/mol. The van der Waals surface area contributed by atoms with Crippen molar-refractivity contribution in [3.63, 3.8) is 0 Å². The second-order valence-corrected chi connectivity index (χ2v) is 7.71. The van der Waals surface area contributed by atoms with Gasteiger partial charge in [-0.05, 0) is 50.1 Å². The lowest BCUT2D eigenvalue weighted by atomic mass is 9.78. The van der Waals surface area contributed by atoms with E-state index in [1.54, 1.807) is 0 Å². The van der Waals surface area contributed by atoms with E-state index in [2.05, 4.69) is 37.9 Å². The highest BCUT2D eigenvalue weighted by Crippen LogP contribution is 2.40. The fourth-order valence-corrected chi connectivity index (χ4v) is 4.01. The van der Waals surface area contributed by atoms with E-state index in [0.29, 0.717) is 17.2 Å². The van der Waals surface area contributed by atoms with Gasteiger partial charge in [0, 0.05) is 18.5 Å². The van der Waals surface area contributed by atoms with Crippen LogP contribution in [0.15, 0.2) is 0 Å². The molecular formula is C16H30N2O. The standard InChI is InChI=1S/C16H30N2O/c1-13(2)11-15(3,4)14(19)18-10-7-16(12-18)5-8-17-9-6-16/h13,17H,5-12H2,1-4H3. The molecule has 19 heavy (non-hydrogen) atoms. The van der Waals surface area contributed by atoms with E-state index in [1.807, 2.05) is 0 Å². The van der Waals surface area contributed by atoms with Gasteiger partial charge in [-0.15, -0.1) is 0 Å². The molecule has 2 aliphatic rings. The fraction of sp³-hybridized carbons (Fsp3) is 0.938. The van der Waals surface area contributed by atoms with Gasteiger partial charge < -0.3 is 10.2 Å². The number of carbonyl (C=O) groups excluding carboxylic acids is 1. The maximum Gasteiger partial charge on any atom is 0.228 e. The first-order chi connectivity index (χ1) is 8.85. The number of carbonyl (C=O) groups is 1. The molecule has 2 rings (SSSR count). The maximum atomic E-state index is 12.7. The van der Waals surface area contributed by atoms with E-state index in [-0.39, 0.29) is 5.41 Å². The Labute approximate surface area is 118 Å².